The Labute approximate surface area is 128 Å². The number of nitrogens with zero attached hydrogens (tertiary/aromatic N) is 2. The van der Waals surface area contributed by atoms with Gasteiger partial charge in [0.2, 0.25) is 5.91 Å². The molecule has 1 N–H and O–H groups in total. The summed E-state index contributed by atoms with van der Waals surface area (Å²) in [6.07, 6.45) is 1.20. The van der Waals surface area contributed by atoms with Crippen LogP contribution in [-0.4, -0.2) is 21.5 Å². The van der Waals surface area contributed by atoms with Gasteiger partial charge in [-0.3, -0.25) is 4.79 Å². The van der Waals surface area contributed by atoms with Gasteiger partial charge in [0.25, 0.3) is 0 Å². The topological polar surface area (TPSA) is 46.9 Å². The SMILES string of the molecule is CCC(C)NC(=O)CCn1c(CCl)nc2ccc(F)cc21. The maximum Gasteiger partial charge on any atom is 0.221 e. The van der Waals surface area contributed by atoms with Crippen molar-refractivity contribution in [2.75, 3.05) is 0 Å². The van der Waals surface area contributed by atoms with E-state index in [4.69, 9.17) is 11.6 Å². The standard InChI is InChI=1S/C15H19ClFN3O/c1-3-10(2)18-15(21)6-7-20-13-8-11(17)4-5-12(13)19-14(20)9-16/h4-5,8,10H,3,6-7,9H2,1-2H3,(H,18,21). The lowest BCUT2D eigenvalue weighted by atomic mass is 10.2. The van der Waals surface area contributed by atoms with E-state index in [1.54, 1.807) is 6.07 Å². The zero-order valence-corrected chi connectivity index (χ0v) is 13.0. The second kappa shape index (κ2) is 6.89. The van der Waals surface area contributed by atoms with Crippen molar-refractivity contribution in [3.8, 4) is 0 Å². The van der Waals surface area contributed by atoms with Crippen LogP contribution in [0.5, 0.6) is 0 Å². The predicted octanol–water partition coefficient (Wildman–Crippen LogP) is 3.22. The lowest BCUT2D eigenvalue weighted by Gasteiger charge is -2.12. The molecule has 0 spiro atoms. The van der Waals surface area contributed by atoms with Crippen LogP contribution >= 0.6 is 11.6 Å². The van der Waals surface area contributed by atoms with Gasteiger partial charge in [0.1, 0.15) is 11.6 Å². The van der Waals surface area contributed by atoms with E-state index in [0.29, 0.717) is 29.8 Å². The number of hydrogen-bond acceptors (Lipinski definition) is 2. The second-order valence-corrected chi connectivity index (χ2v) is 5.34. The third-order valence-corrected chi connectivity index (χ3v) is 3.73. The molecule has 1 aromatic heterocycles. The number of amides is 1. The van der Waals surface area contributed by atoms with Crippen molar-refractivity contribution in [3.63, 3.8) is 0 Å². The Morgan fingerprint density at radius 2 is 2.29 bits per heavy atom. The van der Waals surface area contributed by atoms with Gasteiger partial charge in [0, 0.05) is 19.0 Å². The minimum absolute atomic E-state index is 0.0249. The van der Waals surface area contributed by atoms with Crippen LogP contribution in [0.4, 0.5) is 4.39 Å². The van der Waals surface area contributed by atoms with Crippen molar-refractivity contribution in [3.05, 3.63) is 29.8 Å². The number of aromatic nitrogens is 2. The number of alkyl halides is 1. The molecule has 21 heavy (non-hydrogen) atoms. The number of carbonyl (C=O) groups excluding carboxylic acids is 1. The highest BCUT2D eigenvalue weighted by Gasteiger charge is 2.13. The monoisotopic (exact) mass is 311 g/mol. The van der Waals surface area contributed by atoms with E-state index in [2.05, 4.69) is 10.3 Å². The van der Waals surface area contributed by atoms with Gasteiger partial charge < -0.3 is 9.88 Å². The highest BCUT2D eigenvalue weighted by atomic mass is 35.5. The summed E-state index contributed by atoms with van der Waals surface area (Å²) < 4.78 is 15.2. The predicted molar refractivity (Wildman–Crippen MR) is 81.8 cm³/mol. The van der Waals surface area contributed by atoms with Crippen LogP contribution in [0.15, 0.2) is 18.2 Å². The van der Waals surface area contributed by atoms with Crippen LogP contribution in [0.3, 0.4) is 0 Å². The van der Waals surface area contributed by atoms with Crippen molar-refractivity contribution >= 4 is 28.5 Å². The molecule has 0 radical (unpaired) electrons. The molecule has 0 fully saturated rings. The fraction of sp³-hybridized carbons (Fsp3) is 0.467. The first kappa shape index (κ1) is 15.8. The first-order chi connectivity index (χ1) is 10.0. The largest absolute Gasteiger partial charge is 0.354 e. The Kier molecular flexibility index (Phi) is 5.17. The zero-order valence-electron chi connectivity index (χ0n) is 12.2. The summed E-state index contributed by atoms with van der Waals surface area (Å²) in [6.45, 7) is 4.41. The molecule has 0 bridgehead atoms. The van der Waals surface area contributed by atoms with Crippen LogP contribution in [-0.2, 0) is 17.2 Å². The molecule has 0 aliphatic carbocycles. The first-order valence-corrected chi connectivity index (χ1v) is 7.58. The molecule has 1 amide bonds. The van der Waals surface area contributed by atoms with E-state index in [-0.39, 0.29) is 23.6 Å². The third kappa shape index (κ3) is 3.73. The number of rotatable bonds is 6. The molecule has 1 heterocycles. The lowest BCUT2D eigenvalue weighted by molar-refractivity contribution is -0.121. The Morgan fingerprint density at radius 1 is 1.52 bits per heavy atom. The normalized spacial score (nSPS) is 12.6. The Morgan fingerprint density at radius 3 is 2.95 bits per heavy atom. The average Bonchev–Trinajstić information content (AvgIpc) is 2.81. The Bertz CT molecular complexity index is 641. The van der Waals surface area contributed by atoms with Crippen molar-refractivity contribution < 1.29 is 9.18 Å². The molecule has 1 aromatic carbocycles. The van der Waals surface area contributed by atoms with E-state index < -0.39 is 0 Å². The Hall–Kier alpha value is -1.62. The van der Waals surface area contributed by atoms with Crippen LogP contribution in [0.1, 0.15) is 32.5 Å². The van der Waals surface area contributed by atoms with E-state index in [0.717, 1.165) is 6.42 Å². The van der Waals surface area contributed by atoms with Crippen molar-refractivity contribution in [1.29, 1.82) is 0 Å². The number of carbonyl (C=O) groups is 1. The first-order valence-electron chi connectivity index (χ1n) is 7.05. The number of fused-ring (bicyclic) bond motifs is 1. The average molecular weight is 312 g/mol. The minimum atomic E-state index is -0.325. The van der Waals surface area contributed by atoms with Gasteiger partial charge in [0.15, 0.2) is 0 Å². The molecule has 2 aromatic rings. The van der Waals surface area contributed by atoms with Crippen LogP contribution < -0.4 is 5.32 Å². The molecule has 0 saturated heterocycles. The summed E-state index contributed by atoms with van der Waals surface area (Å²) in [5.41, 5.74) is 1.36. The fourth-order valence-corrected chi connectivity index (χ4v) is 2.36. The van der Waals surface area contributed by atoms with Crippen LogP contribution in [0.2, 0.25) is 0 Å². The van der Waals surface area contributed by atoms with Gasteiger partial charge in [-0.2, -0.15) is 0 Å². The summed E-state index contributed by atoms with van der Waals surface area (Å²) in [5.74, 6) is 0.522. The maximum absolute atomic E-state index is 13.4. The fourth-order valence-electron chi connectivity index (χ4n) is 2.16. The summed E-state index contributed by atoms with van der Waals surface area (Å²) in [4.78, 5) is 16.2. The molecule has 6 heteroatoms. The van der Waals surface area contributed by atoms with E-state index >= 15 is 0 Å². The summed E-state index contributed by atoms with van der Waals surface area (Å²) >= 11 is 5.89. The van der Waals surface area contributed by atoms with Gasteiger partial charge in [-0.05, 0) is 31.5 Å². The smallest absolute Gasteiger partial charge is 0.221 e. The number of aryl methyl sites for hydroxylation is 1. The van der Waals surface area contributed by atoms with Gasteiger partial charge in [-0.1, -0.05) is 6.92 Å². The molecule has 0 aliphatic rings. The molecular weight excluding hydrogens is 293 g/mol. The molecule has 0 aliphatic heterocycles. The van der Waals surface area contributed by atoms with E-state index in [1.165, 1.54) is 12.1 Å². The van der Waals surface area contributed by atoms with Crippen molar-refractivity contribution in [2.45, 2.75) is 45.2 Å². The number of halogens is 2. The summed E-state index contributed by atoms with van der Waals surface area (Å²) in [6, 6.07) is 4.57. The van der Waals surface area contributed by atoms with Crippen molar-refractivity contribution in [1.82, 2.24) is 14.9 Å². The highest BCUT2D eigenvalue weighted by Crippen LogP contribution is 2.19. The second-order valence-electron chi connectivity index (χ2n) is 5.07. The van der Waals surface area contributed by atoms with Gasteiger partial charge in [-0.15, -0.1) is 11.6 Å². The zero-order chi connectivity index (χ0) is 15.4. The number of hydrogen-bond donors (Lipinski definition) is 1. The molecule has 1 unspecified atom stereocenters. The summed E-state index contributed by atoms with van der Waals surface area (Å²) in [7, 11) is 0. The number of nitrogens with one attached hydrogen (secondary N) is 1. The van der Waals surface area contributed by atoms with Crippen molar-refractivity contribution in [2.24, 2.45) is 0 Å². The van der Waals surface area contributed by atoms with E-state index in [9.17, 15) is 9.18 Å². The van der Waals surface area contributed by atoms with E-state index in [1.807, 2.05) is 18.4 Å². The summed E-state index contributed by atoms with van der Waals surface area (Å²) in [5, 5.41) is 2.91. The van der Waals surface area contributed by atoms with Gasteiger partial charge in [0.05, 0.1) is 16.9 Å². The molecule has 1 atom stereocenters. The van der Waals surface area contributed by atoms with Crippen LogP contribution in [0, 0.1) is 5.82 Å². The maximum atomic E-state index is 13.4. The molecule has 4 nitrogen and oxygen atoms in total. The number of imidazole rings is 1. The lowest BCUT2D eigenvalue weighted by Crippen LogP contribution is -2.32. The van der Waals surface area contributed by atoms with Gasteiger partial charge >= 0.3 is 0 Å². The Balaban J connectivity index is 2.17. The third-order valence-electron chi connectivity index (χ3n) is 3.49. The molecule has 0 saturated carbocycles. The number of benzene rings is 1. The quantitative estimate of drug-likeness (QED) is 0.833. The van der Waals surface area contributed by atoms with Crippen LogP contribution in [0.25, 0.3) is 11.0 Å². The molecule has 2 rings (SSSR count). The molecule has 114 valence electrons. The van der Waals surface area contributed by atoms with Gasteiger partial charge in [-0.25, -0.2) is 9.37 Å². The molecular formula is C15H19ClFN3O. The minimum Gasteiger partial charge on any atom is -0.354 e. The highest BCUT2D eigenvalue weighted by molar-refractivity contribution is 6.16.